The molecule has 0 radical (unpaired) electrons. The van der Waals surface area contributed by atoms with Gasteiger partial charge in [-0.2, -0.15) is 0 Å². The second kappa shape index (κ2) is 6.65. The molecule has 0 saturated heterocycles. The quantitative estimate of drug-likeness (QED) is 0.520. The topological polar surface area (TPSA) is 39.8 Å². The maximum absolute atomic E-state index is 14.1. The van der Waals surface area contributed by atoms with E-state index in [1.54, 1.807) is 29.0 Å². The number of imidazole rings is 1. The normalized spacial score (nSPS) is 11.0. The Kier molecular flexibility index (Phi) is 4.57. The third-order valence-electron chi connectivity index (χ3n) is 3.93. The monoisotopic (exact) mass is 343 g/mol. The minimum Gasteiger partial charge on any atom is -0.329 e. The number of para-hydroxylation sites is 1. The number of hydrogen-bond donors (Lipinski definition) is 0. The van der Waals surface area contributed by atoms with E-state index in [0.717, 1.165) is 16.5 Å². The summed E-state index contributed by atoms with van der Waals surface area (Å²) >= 11 is 1.40. The fourth-order valence-electron chi connectivity index (χ4n) is 2.75. The number of ketones is 1. The summed E-state index contributed by atoms with van der Waals surface area (Å²) in [7, 11) is 1.89. The van der Waals surface area contributed by atoms with E-state index < -0.39 is 0 Å². The van der Waals surface area contributed by atoms with E-state index in [4.69, 9.17) is 0 Å². The van der Waals surface area contributed by atoms with E-state index in [0.29, 0.717) is 17.0 Å². The van der Waals surface area contributed by atoms with Crippen molar-refractivity contribution in [1.82, 2.24) is 14.1 Å². The summed E-state index contributed by atoms with van der Waals surface area (Å²) in [5.74, 6) is 0.00579. The van der Waals surface area contributed by atoms with Gasteiger partial charge < -0.3 is 9.13 Å². The van der Waals surface area contributed by atoms with Gasteiger partial charge in [-0.05, 0) is 32.0 Å². The van der Waals surface area contributed by atoms with Crippen LogP contribution in [-0.2, 0) is 7.05 Å². The lowest BCUT2D eigenvalue weighted by Crippen LogP contribution is -2.07. The van der Waals surface area contributed by atoms with E-state index in [2.05, 4.69) is 4.98 Å². The highest BCUT2D eigenvalue weighted by Crippen LogP contribution is 2.25. The van der Waals surface area contributed by atoms with Gasteiger partial charge >= 0.3 is 0 Å². The second-order valence-corrected chi connectivity index (χ2v) is 6.55. The molecule has 0 aliphatic rings. The molecule has 0 aliphatic heterocycles. The summed E-state index contributed by atoms with van der Waals surface area (Å²) in [6, 6.07) is 8.40. The Morgan fingerprint density at radius 2 is 2.04 bits per heavy atom. The van der Waals surface area contributed by atoms with Crippen LogP contribution in [0.1, 0.15) is 21.7 Å². The van der Waals surface area contributed by atoms with Crippen LogP contribution < -0.4 is 0 Å². The summed E-state index contributed by atoms with van der Waals surface area (Å²) in [5.41, 5.74) is 2.67. The van der Waals surface area contributed by atoms with Gasteiger partial charge in [-0.15, -0.1) is 0 Å². The van der Waals surface area contributed by atoms with Crippen LogP contribution in [0, 0.1) is 19.7 Å². The van der Waals surface area contributed by atoms with Gasteiger partial charge in [-0.3, -0.25) is 4.79 Å². The molecule has 0 fully saturated rings. The van der Waals surface area contributed by atoms with Crippen molar-refractivity contribution in [1.29, 1.82) is 0 Å². The molecule has 3 aromatic rings. The number of carbonyl (C=O) groups is 1. The maximum Gasteiger partial charge on any atom is 0.175 e. The van der Waals surface area contributed by atoms with Crippen LogP contribution in [0.2, 0.25) is 0 Å². The van der Waals surface area contributed by atoms with Gasteiger partial charge in [0.2, 0.25) is 0 Å². The van der Waals surface area contributed by atoms with Crippen molar-refractivity contribution in [2.24, 2.45) is 7.05 Å². The number of benzene rings is 1. The molecule has 0 amide bonds. The van der Waals surface area contributed by atoms with Gasteiger partial charge in [0.15, 0.2) is 10.9 Å². The van der Waals surface area contributed by atoms with Crippen LogP contribution in [0.15, 0.2) is 47.9 Å². The fraction of sp³-hybridized carbons (Fsp3) is 0.222. The minimum absolute atomic E-state index is 0.0127. The maximum atomic E-state index is 14.1. The molecule has 2 aromatic heterocycles. The molecule has 3 rings (SSSR count). The molecule has 2 heterocycles. The minimum atomic E-state index is -0.305. The lowest BCUT2D eigenvalue weighted by atomic mass is 10.2. The molecule has 4 nitrogen and oxygen atoms in total. The summed E-state index contributed by atoms with van der Waals surface area (Å²) < 4.78 is 17.8. The molecule has 0 N–H and O–H groups in total. The number of hydrogen-bond acceptors (Lipinski definition) is 3. The number of nitrogens with zero attached hydrogens (tertiary/aromatic N) is 3. The van der Waals surface area contributed by atoms with E-state index in [9.17, 15) is 9.18 Å². The first kappa shape index (κ1) is 16.5. The number of thioether (sulfide) groups is 1. The Bertz CT molecular complexity index is 898. The average Bonchev–Trinajstić information content (AvgIpc) is 3.09. The molecular weight excluding hydrogens is 325 g/mol. The smallest absolute Gasteiger partial charge is 0.175 e. The van der Waals surface area contributed by atoms with Crippen molar-refractivity contribution < 1.29 is 9.18 Å². The second-order valence-electron chi connectivity index (χ2n) is 5.60. The zero-order valence-electron chi connectivity index (χ0n) is 13.8. The molecule has 0 bridgehead atoms. The SMILES string of the molecule is Cc1cc(C(=O)CSc2nccn2C)c(C)n1-c1ccccc1F. The third-order valence-corrected chi connectivity index (χ3v) is 4.99. The van der Waals surface area contributed by atoms with Crippen LogP contribution in [-0.4, -0.2) is 25.7 Å². The molecule has 0 spiro atoms. The van der Waals surface area contributed by atoms with Gasteiger partial charge in [-0.1, -0.05) is 23.9 Å². The Labute approximate surface area is 144 Å². The number of rotatable bonds is 5. The number of Topliss-reactive ketones (excluding diaryl/α,β-unsaturated/α-hetero) is 1. The zero-order valence-corrected chi connectivity index (χ0v) is 14.6. The first-order chi connectivity index (χ1) is 11.5. The van der Waals surface area contributed by atoms with E-state index in [1.807, 2.05) is 37.7 Å². The van der Waals surface area contributed by atoms with Gasteiger partial charge in [0, 0.05) is 36.4 Å². The fourth-order valence-corrected chi connectivity index (χ4v) is 3.56. The summed E-state index contributed by atoms with van der Waals surface area (Å²) in [6.07, 6.45) is 3.55. The van der Waals surface area contributed by atoms with Crippen molar-refractivity contribution in [2.75, 3.05) is 5.75 Å². The predicted molar refractivity (Wildman–Crippen MR) is 93.5 cm³/mol. The van der Waals surface area contributed by atoms with Crippen molar-refractivity contribution in [3.8, 4) is 5.69 Å². The Balaban J connectivity index is 1.87. The van der Waals surface area contributed by atoms with Crippen LogP contribution in [0.5, 0.6) is 0 Å². The van der Waals surface area contributed by atoms with Crippen LogP contribution in [0.4, 0.5) is 4.39 Å². The van der Waals surface area contributed by atoms with Crippen LogP contribution >= 0.6 is 11.8 Å². The van der Waals surface area contributed by atoms with Gasteiger partial charge in [-0.25, -0.2) is 9.37 Å². The highest BCUT2D eigenvalue weighted by atomic mass is 32.2. The van der Waals surface area contributed by atoms with Gasteiger partial charge in [0.05, 0.1) is 11.4 Å². The molecule has 124 valence electrons. The first-order valence-electron chi connectivity index (χ1n) is 7.56. The van der Waals surface area contributed by atoms with Gasteiger partial charge in [0.25, 0.3) is 0 Å². The molecule has 0 unspecified atom stereocenters. The number of halogens is 1. The van der Waals surface area contributed by atoms with Crippen LogP contribution in [0.3, 0.4) is 0 Å². The van der Waals surface area contributed by atoms with Crippen LogP contribution in [0.25, 0.3) is 5.69 Å². The zero-order chi connectivity index (χ0) is 17.3. The predicted octanol–water partition coefficient (Wildman–Crippen LogP) is 3.94. The Morgan fingerprint density at radius 3 is 2.71 bits per heavy atom. The first-order valence-corrected chi connectivity index (χ1v) is 8.54. The van der Waals surface area contributed by atoms with E-state index in [-0.39, 0.29) is 11.6 Å². The third kappa shape index (κ3) is 3.01. The highest BCUT2D eigenvalue weighted by Gasteiger charge is 2.18. The highest BCUT2D eigenvalue weighted by molar-refractivity contribution is 7.99. The van der Waals surface area contributed by atoms with Crippen molar-refractivity contribution in [2.45, 2.75) is 19.0 Å². The summed E-state index contributed by atoms with van der Waals surface area (Å²) in [5, 5.41) is 0.797. The lowest BCUT2D eigenvalue weighted by molar-refractivity contribution is 0.102. The molecule has 1 aromatic carbocycles. The van der Waals surface area contributed by atoms with E-state index >= 15 is 0 Å². The lowest BCUT2D eigenvalue weighted by Gasteiger charge is -2.10. The molecule has 0 saturated carbocycles. The molecular formula is C18H18FN3OS. The average molecular weight is 343 g/mol. The molecule has 0 aliphatic carbocycles. The van der Waals surface area contributed by atoms with E-state index in [1.165, 1.54) is 17.8 Å². The number of carbonyl (C=O) groups excluding carboxylic acids is 1. The molecule has 6 heteroatoms. The van der Waals surface area contributed by atoms with Crippen molar-refractivity contribution in [3.05, 3.63) is 65.5 Å². The van der Waals surface area contributed by atoms with Crippen molar-refractivity contribution >= 4 is 17.5 Å². The Hall–Kier alpha value is -2.34. The van der Waals surface area contributed by atoms with Crippen molar-refractivity contribution in [3.63, 3.8) is 0 Å². The summed E-state index contributed by atoms with van der Waals surface area (Å²) in [4.78, 5) is 16.8. The number of aromatic nitrogens is 3. The largest absolute Gasteiger partial charge is 0.329 e. The molecule has 24 heavy (non-hydrogen) atoms. The number of aryl methyl sites for hydroxylation is 2. The Morgan fingerprint density at radius 1 is 1.29 bits per heavy atom. The van der Waals surface area contributed by atoms with Gasteiger partial charge in [0.1, 0.15) is 5.82 Å². The standard InChI is InChI=1S/C18H18FN3OS/c1-12-10-14(17(23)11-24-18-20-8-9-21(18)3)13(2)22(12)16-7-5-4-6-15(16)19/h4-10H,11H2,1-3H3. The summed E-state index contributed by atoms with van der Waals surface area (Å²) in [6.45, 7) is 3.72. The molecule has 0 atom stereocenters.